The van der Waals surface area contributed by atoms with E-state index in [1.54, 1.807) is 0 Å². The van der Waals surface area contributed by atoms with Crippen LogP contribution in [0.15, 0.2) is 24.5 Å². The van der Waals surface area contributed by atoms with Gasteiger partial charge in [0.25, 0.3) is 0 Å². The Morgan fingerprint density at radius 1 is 1.00 bits per heavy atom. The fourth-order valence-corrected chi connectivity index (χ4v) is 0.278. The summed E-state index contributed by atoms with van der Waals surface area (Å²) in [5, 5.41) is 0. The van der Waals surface area contributed by atoms with Crippen molar-refractivity contribution in [2.75, 3.05) is 0 Å². The molecule has 1 heterocycles. The average molecular weight is 206 g/mol. The molecule has 1 radical (unpaired) electrons. The third kappa shape index (κ3) is 1.80. The Balaban J connectivity index is 0.000000250. The third-order valence-corrected chi connectivity index (χ3v) is 0.496. The van der Waals surface area contributed by atoms with Crippen molar-refractivity contribution >= 4 is 0 Å². The van der Waals surface area contributed by atoms with Crippen LogP contribution in [0, 0.1) is 35.6 Å². The van der Waals surface area contributed by atoms with E-state index in [1.807, 2.05) is 24.5 Å². The van der Waals surface area contributed by atoms with Gasteiger partial charge in [-0.1, -0.05) is 0 Å². The molecule has 6 heavy (non-hydrogen) atoms. The maximum absolute atomic E-state index is 2.86. The molecule has 0 atom stereocenters. The molecule has 0 saturated heterocycles. The van der Waals surface area contributed by atoms with Crippen LogP contribution in [0.3, 0.4) is 0 Å². The summed E-state index contributed by atoms with van der Waals surface area (Å²) in [7, 11) is 0. The summed E-state index contributed by atoms with van der Waals surface area (Å²) in [6.07, 6.45) is 3.75. The quantitative estimate of drug-likeness (QED) is 0.652. The van der Waals surface area contributed by atoms with Gasteiger partial charge in [-0.25, -0.2) is 0 Å². The van der Waals surface area contributed by atoms with Gasteiger partial charge >= 0.3 is 0 Å². The van der Waals surface area contributed by atoms with Crippen LogP contribution in [-0.4, -0.2) is 4.98 Å². The number of aromatic nitrogens is 1. The molecule has 1 aromatic heterocycles. The average Bonchev–Trinajstić information content (AvgIpc) is 1.76. The summed E-state index contributed by atoms with van der Waals surface area (Å²) in [5.41, 5.74) is 0. The second-order valence-corrected chi connectivity index (χ2v) is 0.885. The minimum Gasteiger partial charge on any atom is -0.368 e. The number of H-pyrrole nitrogens is 1. The smallest absolute Gasteiger partial charge is 0.000496 e. The Kier molecular flexibility index (Phi) is 3.95. The minimum atomic E-state index is 0. The molecule has 1 rings (SSSR count). The molecule has 1 N–H and O–H groups in total. The number of rotatable bonds is 0. The monoisotopic (exact) mass is 206 g/mol. The van der Waals surface area contributed by atoms with Crippen LogP contribution in [0.4, 0.5) is 0 Å². The van der Waals surface area contributed by atoms with E-state index in [2.05, 4.69) is 4.98 Å². The standard InChI is InChI=1S/C4H5N.La/c1-2-4-5-3-1;/h1-5H;. The minimum absolute atomic E-state index is 0. The number of hydrogen-bond donors (Lipinski definition) is 1. The van der Waals surface area contributed by atoms with Gasteiger partial charge in [0.15, 0.2) is 0 Å². The molecule has 2 heteroatoms. The Bertz CT molecular complexity index is 64.0. The largest absolute Gasteiger partial charge is 0.368 e. The first-order valence-corrected chi connectivity index (χ1v) is 1.58. The van der Waals surface area contributed by atoms with E-state index < -0.39 is 0 Å². The molecule has 0 bridgehead atoms. The predicted molar refractivity (Wildman–Crippen MR) is 20.8 cm³/mol. The van der Waals surface area contributed by atoms with Gasteiger partial charge in [-0.05, 0) is 12.1 Å². The molecule has 0 spiro atoms. The van der Waals surface area contributed by atoms with Crippen molar-refractivity contribution in [2.24, 2.45) is 0 Å². The van der Waals surface area contributed by atoms with Crippen molar-refractivity contribution < 1.29 is 35.6 Å². The van der Waals surface area contributed by atoms with Gasteiger partial charge in [0.05, 0.1) is 0 Å². The molecule has 1 nitrogen and oxygen atoms in total. The molecule has 0 aromatic carbocycles. The Labute approximate surface area is 64.7 Å². The molecule has 0 unspecified atom stereocenters. The maximum Gasteiger partial charge on any atom is 0.000496 e. The van der Waals surface area contributed by atoms with Crippen LogP contribution < -0.4 is 0 Å². The molecule has 0 aliphatic carbocycles. The normalized spacial score (nSPS) is 6.67. The summed E-state index contributed by atoms with van der Waals surface area (Å²) in [6, 6.07) is 3.89. The summed E-state index contributed by atoms with van der Waals surface area (Å²) >= 11 is 0. The summed E-state index contributed by atoms with van der Waals surface area (Å²) in [6.45, 7) is 0. The molecule has 29 valence electrons. The van der Waals surface area contributed by atoms with Crippen LogP contribution in [0.1, 0.15) is 0 Å². The third-order valence-electron chi connectivity index (χ3n) is 0.496. The molecule has 0 aliphatic rings. The zero-order valence-electron chi connectivity index (χ0n) is 3.39. The summed E-state index contributed by atoms with van der Waals surface area (Å²) in [4.78, 5) is 2.86. The first-order chi connectivity index (χ1) is 2.50. The molecular formula is C4H5LaN. The first kappa shape index (κ1) is 6.47. The van der Waals surface area contributed by atoms with E-state index in [0.29, 0.717) is 0 Å². The van der Waals surface area contributed by atoms with Crippen LogP contribution in [0.2, 0.25) is 0 Å². The van der Waals surface area contributed by atoms with E-state index >= 15 is 0 Å². The molecule has 1 aromatic rings. The van der Waals surface area contributed by atoms with Gasteiger partial charge in [-0.2, -0.15) is 0 Å². The molecule has 0 fully saturated rings. The van der Waals surface area contributed by atoms with Gasteiger partial charge in [0, 0.05) is 48.0 Å². The van der Waals surface area contributed by atoms with Crippen molar-refractivity contribution in [3.05, 3.63) is 24.5 Å². The molecule has 0 aliphatic heterocycles. The van der Waals surface area contributed by atoms with Gasteiger partial charge in [0.2, 0.25) is 0 Å². The van der Waals surface area contributed by atoms with Gasteiger partial charge in [-0.15, -0.1) is 0 Å². The van der Waals surface area contributed by atoms with E-state index in [-0.39, 0.29) is 35.6 Å². The van der Waals surface area contributed by atoms with Crippen LogP contribution in [-0.2, 0) is 0 Å². The van der Waals surface area contributed by atoms with Crippen LogP contribution >= 0.6 is 0 Å². The van der Waals surface area contributed by atoms with E-state index in [1.165, 1.54) is 0 Å². The summed E-state index contributed by atoms with van der Waals surface area (Å²) in [5.74, 6) is 0. The van der Waals surface area contributed by atoms with E-state index in [0.717, 1.165) is 0 Å². The van der Waals surface area contributed by atoms with E-state index in [9.17, 15) is 0 Å². The first-order valence-electron chi connectivity index (χ1n) is 1.58. The van der Waals surface area contributed by atoms with Crippen molar-refractivity contribution in [3.63, 3.8) is 0 Å². The summed E-state index contributed by atoms with van der Waals surface area (Å²) < 4.78 is 0. The topological polar surface area (TPSA) is 15.8 Å². The van der Waals surface area contributed by atoms with Gasteiger partial charge in [-0.3, -0.25) is 0 Å². The Hall–Kier alpha value is 0.475. The zero-order valence-corrected chi connectivity index (χ0v) is 7.01. The number of hydrogen-bond acceptors (Lipinski definition) is 0. The number of nitrogens with one attached hydrogen (secondary N) is 1. The van der Waals surface area contributed by atoms with Crippen LogP contribution in [0.25, 0.3) is 0 Å². The second-order valence-electron chi connectivity index (χ2n) is 0.885. The molecule has 0 saturated carbocycles. The van der Waals surface area contributed by atoms with E-state index in [4.69, 9.17) is 0 Å². The van der Waals surface area contributed by atoms with Crippen LogP contribution in [0.5, 0.6) is 0 Å². The van der Waals surface area contributed by atoms with Crippen molar-refractivity contribution in [1.29, 1.82) is 0 Å². The number of aromatic amines is 1. The van der Waals surface area contributed by atoms with Crippen molar-refractivity contribution in [1.82, 2.24) is 4.98 Å². The predicted octanol–water partition coefficient (Wildman–Crippen LogP) is 1.01. The Morgan fingerprint density at radius 3 is 1.67 bits per heavy atom. The second kappa shape index (κ2) is 3.66. The van der Waals surface area contributed by atoms with Gasteiger partial charge in [0.1, 0.15) is 0 Å². The van der Waals surface area contributed by atoms with Gasteiger partial charge < -0.3 is 4.98 Å². The van der Waals surface area contributed by atoms with Crippen molar-refractivity contribution in [3.8, 4) is 0 Å². The zero-order chi connectivity index (χ0) is 3.54. The molecule has 0 amide bonds. The SMILES string of the molecule is [La].c1cc[nH]c1. The molecular weight excluding hydrogens is 201 g/mol. The Morgan fingerprint density at radius 2 is 1.50 bits per heavy atom. The fourth-order valence-electron chi connectivity index (χ4n) is 0.278. The maximum atomic E-state index is 2.86. The fraction of sp³-hybridized carbons (Fsp3) is 0. The van der Waals surface area contributed by atoms with Crippen molar-refractivity contribution in [2.45, 2.75) is 0 Å².